The highest BCUT2D eigenvalue weighted by Crippen LogP contribution is 2.47. The Hall–Kier alpha value is -5.96. The van der Waals surface area contributed by atoms with E-state index < -0.39 is 23.8 Å². The van der Waals surface area contributed by atoms with Crippen LogP contribution in [-0.4, -0.2) is 46.0 Å². The summed E-state index contributed by atoms with van der Waals surface area (Å²) in [6.45, 7) is 0.0517. The van der Waals surface area contributed by atoms with E-state index in [4.69, 9.17) is 34.2 Å². The van der Waals surface area contributed by atoms with Crippen molar-refractivity contribution in [1.82, 2.24) is 0 Å². The van der Waals surface area contributed by atoms with E-state index in [2.05, 4.69) is 6.07 Å². The molecule has 218 valence electrons. The van der Waals surface area contributed by atoms with E-state index in [0.717, 1.165) is 19.1 Å². The number of esters is 3. The van der Waals surface area contributed by atoms with Crippen LogP contribution in [0.1, 0.15) is 21.8 Å². The monoisotopic (exact) mass is 583 g/mol. The van der Waals surface area contributed by atoms with Gasteiger partial charge in [-0.05, 0) is 35.9 Å². The third-order valence-corrected chi connectivity index (χ3v) is 6.80. The summed E-state index contributed by atoms with van der Waals surface area (Å²) in [5.74, 6) is -2.46. The van der Waals surface area contributed by atoms with E-state index in [0.29, 0.717) is 22.8 Å². The second-order valence-corrected chi connectivity index (χ2v) is 9.13. The van der Waals surface area contributed by atoms with Crippen LogP contribution in [0.5, 0.6) is 23.0 Å². The molecule has 12 nitrogen and oxygen atoms in total. The van der Waals surface area contributed by atoms with Crippen LogP contribution in [0.4, 0.5) is 5.69 Å². The number of allylic oxidation sites excluding steroid dienone is 1. The maximum atomic E-state index is 13.5. The van der Waals surface area contributed by atoms with E-state index in [1.165, 1.54) is 25.3 Å². The first-order chi connectivity index (χ1) is 20.8. The molecule has 1 atom stereocenters. The standard InChI is InChI=1S/C31H25N3O9/c1-38-29(35)18-9-11-22(43-19-10-12-23-24(14-19)42-16-41-23)21(13-18)34-27(31(37)40-3)26(30(36)39-2)25(20(15-32)28(34)33)17-7-5-4-6-8-17/h4-14,25H,16,33H2,1-3H3. The molecule has 0 spiro atoms. The number of carbonyl (C=O) groups excluding carboxylic acids is 3. The first-order valence-electron chi connectivity index (χ1n) is 12.8. The number of fused-ring (bicyclic) bond motifs is 1. The van der Waals surface area contributed by atoms with Gasteiger partial charge < -0.3 is 34.2 Å². The molecule has 2 N–H and O–H groups in total. The molecule has 2 aliphatic rings. The molecule has 0 saturated heterocycles. The van der Waals surface area contributed by atoms with E-state index in [-0.39, 0.29) is 46.5 Å². The highest BCUT2D eigenvalue weighted by atomic mass is 16.7. The molecule has 0 amide bonds. The molecule has 3 aromatic rings. The van der Waals surface area contributed by atoms with Gasteiger partial charge in [0, 0.05) is 6.07 Å². The van der Waals surface area contributed by atoms with Crippen LogP contribution in [0.25, 0.3) is 0 Å². The summed E-state index contributed by atoms with van der Waals surface area (Å²) < 4.78 is 32.1. The number of hydrogen-bond acceptors (Lipinski definition) is 12. The minimum absolute atomic E-state index is 0.0270. The van der Waals surface area contributed by atoms with E-state index in [1.807, 2.05) is 0 Å². The lowest BCUT2D eigenvalue weighted by Gasteiger charge is -2.36. The quantitative estimate of drug-likeness (QED) is 0.316. The number of benzene rings is 3. The van der Waals surface area contributed by atoms with Gasteiger partial charge in [-0.3, -0.25) is 4.90 Å². The Balaban J connectivity index is 1.79. The summed E-state index contributed by atoms with van der Waals surface area (Å²) in [6.07, 6.45) is 0. The smallest absolute Gasteiger partial charge is 0.355 e. The van der Waals surface area contributed by atoms with Crippen molar-refractivity contribution in [2.45, 2.75) is 5.92 Å². The lowest BCUT2D eigenvalue weighted by molar-refractivity contribution is -0.139. The third kappa shape index (κ3) is 5.15. The zero-order chi connectivity index (χ0) is 30.7. The summed E-state index contributed by atoms with van der Waals surface area (Å²) >= 11 is 0. The van der Waals surface area contributed by atoms with Crippen LogP contribution in [0.15, 0.2) is 89.4 Å². The van der Waals surface area contributed by atoms with Crippen LogP contribution in [0, 0.1) is 11.3 Å². The largest absolute Gasteiger partial charge is 0.466 e. The molecule has 5 rings (SSSR count). The van der Waals surface area contributed by atoms with Crippen molar-refractivity contribution in [3.05, 3.63) is 101 Å². The molecule has 2 heterocycles. The molecule has 0 fully saturated rings. The number of methoxy groups -OCH3 is 3. The molecule has 0 radical (unpaired) electrons. The fraction of sp³-hybridized carbons (Fsp3) is 0.161. The van der Waals surface area contributed by atoms with Crippen molar-refractivity contribution in [1.29, 1.82) is 5.26 Å². The first kappa shape index (κ1) is 28.6. The van der Waals surface area contributed by atoms with Gasteiger partial charge >= 0.3 is 17.9 Å². The molecule has 0 saturated carbocycles. The maximum absolute atomic E-state index is 13.5. The van der Waals surface area contributed by atoms with Gasteiger partial charge in [-0.25, -0.2) is 14.4 Å². The number of carbonyl (C=O) groups is 3. The number of nitrogens with zero attached hydrogens (tertiary/aromatic N) is 2. The van der Waals surface area contributed by atoms with Gasteiger partial charge in [0.1, 0.15) is 17.3 Å². The van der Waals surface area contributed by atoms with Crippen LogP contribution < -0.4 is 24.8 Å². The van der Waals surface area contributed by atoms with Crippen LogP contribution >= 0.6 is 0 Å². The van der Waals surface area contributed by atoms with E-state index >= 15 is 0 Å². The summed E-state index contributed by atoms with van der Waals surface area (Å²) in [4.78, 5) is 40.7. The Morgan fingerprint density at radius 2 is 1.58 bits per heavy atom. The first-order valence-corrected chi connectivity index (χ1v) is 12.8. The van der Waals surface area contributed by atoms with Gasteiger partial charge in [-0.15, -0.1) is 0 Å². The predicted octanol–water partition coefficient (Wildman–Crippen LogP) is 3.89. The summed E-state index contributed by atoms with van der Waals surface area (Å²) in [5, 5.41) is 10.4. The second-order valence-electron chi connectivity index (χ2n) is 9.13. The fourth-order valence-electron chi connectivity index (χ4n) is 4.85. The van der Waals surface area contributed by atoms with E-state index in [9.17, 15) is 19.6 Å². The number of nitriles is 1. The van der Waals surface area contributed by atoms with E-state index in [1.54, 1.807) is 48.5 Å². The van der Waals surface area contributed by atoms with Crippen molar-refractivity contribution < 1.29 is 42.8 Å². The Bertz CT molecular complexity index is 1720. The number of rotatable bonds is 7. The molecular weight excluding hydrogens is 558 g/mol. The van der Waals surface area contributed by atoms with Gasteiger partial charge in [0.25, 0.3) is 0 Å². The zero-order valence-electron chi connectivity index (χ0n) is 23.3. The summed E-state index contributed by atoms with van der Waals surface area (Å²) in [6, 6.07) is 19.8. The van der Waals surface area contributed by atoms with Crippen LogP contribution in [0.2, 0.25) is 0 Å². The predicted molar refractivity (Wildman–Crippen MR) is 150 cm³/mol. The van der Waals surface area contributed by atoms with Crippen molar-refractivity contribution in [3.63, 3.8) is 0 Å². The third-order valence-electron chi connectivity index (χ3n) is 6.80. The van der Waals surface area contributed by atoms with Gasteiger partial charge in [0.2, 0.25) is 6.79 Å². The molecule has 3 aromatic carbocycles. The Labute approximate surface area is 246 Å². The molecule has 1 unspecified atom stereocenters. The molecule has 0 bridgehead atoms. The number of anilines is 1. The summed E-state index contributed by atoms with van der Waals surface area (Å²) in [5.41, 5.74) is 6.65. The molecule has 0 aromatic heterocycles. The molecule has 2 aliphatic heterocycles. The topological polar surface area (TPSA) is 160 Å². The molecule has 0 aliphatic carbocycles. The average molecular weight is 584 g/mol. The van der Waals surface area contributed by atoms with Gasteiger partial charge in [-0.2, -0.15) is 5.26 Å². The maximum Gasteiger partial charge on any atom is 0.355 e. The van der Waals surface area contributed by atoms with Crippen LogP contribution in [0.3, 0.4) is 0 Å². The van der Waals surface area contributed by atoms with Gasteiger partial charge in [0.15, 0.2) is 17.2 Å². The number of ether oxygens (including phenoxy) is 6. The molecular formula is C31H25N3O9. The van der Waals surface area contributed by atoms with Gasteiger partial charge in [-0.1, -0.05) is 30.3 Å². The van der Waals surface area contributed by atoms with Crippen molar-refractivity contribution in [2.75, 3.05) is 33.0 Å². The minimum Gasteiger partial charge on any atom is -0.466 e. The lowest BCUT2D eigenvalue weighted by atomic mass is 9.81. The van der Waals surface area contributed by atoms with Crippen molar-refractivity contribution in [3.8, 4) is 29.1 Å². The normalized spacial score (nSPS) is 15.5. The van der Waals surface area contributed by atoms with Crippen molar-refractivity contribution >= 4 is 23.6 Å². The highest BCUT2D eigenvalue weighted by molar-refractivity contribution is 6.07. The second kappa shape index (κ2) is 11.9. The highest BCUT2D eigenvalue weighted by Gasteiger charge is 2.44. The molecule has 12 heteroatoms. The fourth-order valence-corrected chi connectivity index (χ4v) is 4.85. The van der Waals surface area contributed by atoms with Gasteiger partial charge in [0.05, 0.1) is 55.7 Å². The Kier molecular flexibility index (Phi) is 7.89. The van der Waals surface area contributed by atoms with Crippen molar-refractivity contribution in [2.24, 2.45) is 5.73 Å². The number of hydrogen-bond donors (Lipinski definition) is 1. The molecule has 43 heavy (non-hydrogen) atoms. The summed E-state index contributed by atoms with van der Waals surface area (Å²) in [7, 11) is 3.49. The number of nitrogens with two attached hydrogens (primary N) is 1. The minimum atomic E-state index is -1.08. The SMILES string of the molecule is COC(=O)C1=C(C(=O)OC)N(c2cc(C(=O)OC)ccc2Oc2ccc3c(c2)OCO3)C(N)=C(C#N)C1c1ccccc1. The Morgan fingerprint density at radius 1 is 0.884 bits per heavy atom. The lowest BCUT2D eigenvalue weighted by Crippen LogP contribution is -2.41. The average Bonchev–Trinajstić information content (AvgIpc) is 3.51. The zero-order valence-corrected chi connectivity index (χ0v) is 23.3. The Morgan fingerprint density at radius 3 is 2.26 bits per heavy atom. The van der Waals surface area contributed by atoms with Crippen LogP contribution in [-0.2, 0) is 23.8 Å².